The summed E-state index contributed by atoms with van der Waals surface area (Å²) in [6, 6.07) is 3.10. The van der Waals surface area contributed by atoms with Gasteiger partial charge in [-0.15, -0.1) is 17.8 Å². The highest BCUT2D eigenvalue weighted by Crippen LogP contribution is 2.16. The van der Waals surface area contributed by atoms with E-state index in [4.69, 9.17) is 6.42 Å². The average Bonchev–Trinajstić information content (AvgIpc) is 2.74. The zero-order chi connectivity index (χ0) is 11.3. The summed E-state index contributed by atoms with van der Waals surface area (Å²) >= 11 is 1.07. The van der Waals surface area contributed by atoms with Gasteiger partial charge in [0, 0.05) is 0 Å². The summed E-state index contributed by atoms with van der Waals surface area (Å²) in [5.74, 6) is 1.56. The standard InChI is InChI=1S/C10H9NO3S/c1-3-6-11-9(12)7-4-5-8(15-7)10(13)14-2/h1,4-5H,6H2,2H3,(H,11,12). The largest absolute Gasteiger partial charge is 0.465 e. The molecule has 1 aromatic rings. The van der Waals surface area contributed by atoms with Gasteiger partial charge in [0.15, 0.2) is 0 Å². The smallest absolute Gasteiger partial charge is 0.348 e. The van der Waals surface area contributed by atoms with Gasteiger partial charge in [0.25, 0.3) is 5.91 Å². The molecule has 0 unspecified atom stereocenters. The monoisotopic (exact) mass is 223 g/mol. The topological polar surface area (TPSA) is 55.4 Å². The van der Waals surface area contributed by atoms with Gasteiger partial charge in [-0.3, -0.25) is 4.79 Å². The van der Waals surface area contributed by atoms with E-state index in [9.17, 15) is 9.59 Å². The number of ether oxygens (including phenoxy) is 1. The van der Waals surface area contributed by atoms with Crippen LogP contribution < -0.4 is 5.32 Å². The van der Waals surface area contributed by atoms with Gasteiger partial charge >= 0.3 is 5.97 Å². The normalized spacial score (nSPS) is 9.07. The van der Waals surface area contributed by atoms with Crippen LogP contribution in [0, 0.1) is 12.3 Å². The molecule has 0 saturated heterocycles. The van der Waals surface area contributed by atoms with Crippen molar-refractivity contribution in [3.05, 3.63) is 21.9 Å². The molecule has 1 N–H and O–H groups in total. The first-order valence-corrected chi connectivity index (χ1v) is 4.90. The van der Waals surface area contributed by atoms with Gasteiger partial charge in [-0.05, 0) is 12.1 Å². The lowest BCUT2D eigenvalue weighted by Gasteiger charge is -1.96. The Morgan fingerprint density at radius 1 is 1.53 bits per heavy atom. The summed E-state index contributed by atoms with van der Waals surface area (Å²) in [5.41, 5.74) is 0. The zero-order valence-corrected chi connectivity index (χ0v) is 8.89. The second-order valence-electron chi connectivity index (χ2n) is 2.54. The van der Waals surface area contributed by atoms with E-state index in [-0.39, 0.29) is 12.5 Å². The average molecular weight is 223 g/mol. The van der Waals surface area contributed by atoms with Gasteiger partial charge in [0.05, 0.1) is 18.5 Å². The quantitative estimate of drug-likeness (QED) is 0.611. The predicted octanol–water partition coefficient (Wildman–Crippen LogP) is 0.898. The summed E-state index contributed by atoms with van der Waals surface area (Å²) in [6.07, 6.45) is 4.99. The highest BCUT2D eigenvalue weighted by molar-refractivity contribution is 7.15. The van der Waals surface area contributed by atoms with Crippen LogP contribution in [0.4, 0.5) is 0 Å². The molecular weight excluding hydrogens is 214 g/mol. The van der Waals surface area contributed by atoms with Crippen molar-refractivity contribution in [2.75, 3.05) is 13.7 Å². The molecule has 0 bridgehead atoms. The number of terminal acetylenes is 1. The highest BCUT2D eigenvalue weighted by atomic mass is 32.1. The Labute approximate surface area is 91.2 Å². The molecule has 0 aliphatic rings. The van der Waals surface area contributed by atoms with Gasteiger partial charge in [0.1, 0.15) is 4.88 Å². The number of carbonyl (C=O) groups excluding carboxylic acids is 2. The molecule has 0 fully saturated rings. The van der Waals surface area contributed by atoms with Crippen LogP contribution in [-0.2, 0) is 4.74 Å². The van der Waals surface area contributed by atoms with Crippen LogP contribution in [0.25, 0.3) is 0 Å². The third-order valence-corrected chi connectivity index (χ3v) is 2.63. The van der Waals surface area contributed by atoms with Gasteiger partial charge in [-0.2, -0.15) is 0 Å². The molecular formula is C10H9NO3S. The molecule has 1 heterocycles. The molecule has 1 rings (SSSR count). The Hall–Kier alpha value is -1.80. The summed E-state index contributed by atoms with van der Waals surface area (Å²) in [7, 11) is 1.29. The summed E-state index contributed by atoms with van der Waals surface area (Å²) in [6.45, 7) is 0.171. The molecule has 0 aromatic carbocycles. The fourth-order valence-corrected chi connectivity index (χ4v) is 1.73. The number of esters is 1. The predicted molar refractivity (Wildman–Crippen MR) is 56.8 cm³/mol. The Bertz CT molecular complexity index is 417. The molecule has 15 heavy (non-hydrogen) atoms. The molecule has 5 heteroatoms. The molecule has 0 saturated carbocycles. The number of hydrogen-bond donors (Lipinski definition) is 1. The van der Waals surface area contributed by atoms with Crippen LogP contribution in [0.15, 0.2) is 12.1 Å². The zero-order valence-electron chi connectivity index (χ0n) is 8.07. The lowest BCUT2D eigenvalue weighted by atomic mass is 10.4. The molecule has 1 amide bonds. The van der Waals surface area contributed by atoms with Crippen molar-refractivity contribution in [3.8, 4) is 12.3 Å². The third kappa shape index (κ3) is 2.82. The van der Waals surface area contributed by atoms with Crippen LogP contribution >= 0.6 is 11.3 Å². The SMILES string of the molecule is C#CCNC(=O)c1ccc(C(=O)OC)s1. The van der Waals surface area contributed by atoms with Crippen LogP contribution in [0.5, 0.6) is 0 Å². The van der Waals surface area contributed by atoms with E-state index in [1.54, 1.807) is 12.1 Å². The molecule has 1 aromatic heterocycles. The number of methoxy groups -OCH3 is 1. The molecule has 4 nitrogen and oxygen atoms in total. The number of rotatable bonds is 3. The Morgan fingerprint density at radius 2 is 2.20 bits per heavy atom. The van der Waals surface area contributed by atoms with Crippen molar-refractivity contribution < 1.29 is 14.3 Å². The fourth-order valence-electron chi connectivity index (χ4n) is 0.889. The first-order chi connectivity index (χ1) is 7.19. The van der Waals surface area contributed by atoms with Gasteiger partial charge in [0.2, 0.25) is 0 Å². The minimum atomic E-state index is -0.448. The summed E-state index contributed by atoms with van der Waals surface area (Å²) in [5, 5.41) is 2.50. The number of hydrogen-bond acceptors (Lipinski definition) is 4. The Morgan fingerprint density at radius 3 is 2.80 bits per heavy atom. The van der Waals surface area contributed by atoms with Crippen molar-refractivity contribution in [2.45, 2.75) is 0 Å². The maximum Gasteiger partial charge on any atom is 0.348 e. The van der Waals surface area contributed by atoms with Crippen molar-refractivity contribution in [1.82, 2.24) is 5.32 Å². The Kier molecular flexibility index (Phi) is 3.89. The Balaban J connectivity index is 2.72. The molecule has 0 radical (unpaired) electrons. The first-order valence-electron chi connectivity index (χ1n) is 4.09. The molecule has 0 atom stereocenters. The molecule has 0 spiro atoms. The molecule has 0 aliphatic carbocycles. The van der Waals surface area contributed by atoms with Crippen molar-refractivity contribution in [1.29, 1.82) is 0 Å². The van der Waals surface area contributed by atoms with E-state index in [0.717, 1.165) is 11.3 Å². The minimum Gasteiger partial charge on any atom is -0.465 e. The number of carbonyl (C=O) groups is 2. The van der Waals surface area contributed by atoms with Crippen LogP contribution in [0.2, 0.25) is 0 Å². The fraction of sp³-hybridized carbons (Fsp3) is 0.200. The minimum absolute atomic E-state index is 0.171. The van der Waals surface area contributed by atoms with Crippen molar-refractivity contribution >= 4 is 23.2 Å². The lowest BCUT2D eigenvalue weighted by molar-refractivity contribution is 0.0606. The number of amides is 1. The third-order valence-electron chi connectivity index (χ3n) is 1.57. The van der Waals surface area contributed by atoms with E-state index >= 15 is 0 Å². The van der Waals surface area contributed by atoms with Crippen molar-refractivity contribution in [3.63, 3.8) is 0 Å². The molecule has 78 valence electrons. The lowest BCUT2D eigenvalue weighted by Crippen LogP contribution is -2.22. The van der Waals surface area contributed by atoms with E-state index in [1.165, 1.54) is 7.11 Å². The van der Waals surface area contributed by atoms with Gasteiger partial charge < -0.3 is 10.1 Å². The van der Waals surface area contributed by atoms with Crippen molar-refractivity contribution in [2.24, 2.45) is 0 Å². The van der Waals surface area contributed by atoms with Crippen LogP contribution in [-0.4, -0.2) is 25.5 Å². The van der Waals surface area contributed by atoms with Crippen LogP contribution in [0.1, 0.15) is 19.3 Å². The van der Waals surface area contributed by atoms with Gasteiger partial charge in [-0.1, -0.05) is 5.92 Å². The van der Waals surface area contributed by atoms with Gasteiger partial charge in [-0.25, -0.2) is 4.79 Å². The van der Waals surface area contributed by atoms with E-state index in [0.29, 0.717) is 9.75 Å². The highest BCUT2D eigenvalue weighted by Gasteiger charge is 2.12. The van der Waals surface area contributed by atoms with E-state index in [1.807, 2.05) is 0 Å². The summed E-state index contributed by atoms with van der Waals surface area (Å²) in [4.78, 5) is 23.3. The number of nitrogens with one attached hydrogen (secondary N) is 1. The molecule has 0 aliphatic heterocycles. The maximum absolute atomic E-state index is 11.4. The first kappa shape index (κ1) is 11.3. The van der Waals surface area contributed by atoms with E-state index < -0.39 is 5.97 Å². The summed E-state index contributed by atoms with van der Waals surface area (Å²) < 4.78 is 4.52. The van der Waals surface area contributed by atoms with E-state index in [2.05, 4.69) is 16.0 Å². The second kappa shape index (κ2) is 5.17. The number of thiophene rings is 1. The second-order valence-corrected chi connectivity index (χ2v) is 3.63. The maximum atomic E-state index is 11.4. The van der Waals surface area contributed by atoms with Crippen LogP contribution in [0.3, 0.4) is 0 Å².